The van der Waals surface area contributed by atoms with E-state index in [-0.39, 0.29) is 89.5 Å². The first-order chi connectivity index (χ1) is 50.0. The van der Waals surface area contributed by atoms with Gasteiger partial charge in [0.15, 0.2) is 0 Å². The predicted molar refractivity (Wildman–Crippen MR) is 455 cm³/mol. The van der Waals surface area contributed by atoms with Crippen LogP contribution in [0.25, 0.3) is 22.3 Å². The van der Waals surface area contributed by atoms with Crippen molar-refractivity contribution in [3.8, 4) is 45.9 Å². The molecule has 14 aromatic carbocycles. The van der Waals surface area contributed by atoms with Crippen LogP contribution in [0.4, 0.5) is 0 Å². The Kier molecular flexibility index (Phi) is 30.3. The molecule has 0 nitrogen and oxygen atoms in total. The van der Waals surface area contributed by atoms with E-state index in [2.05, 4.69) is 365 Å². The largest absolute Gasteiger partial charge is 1.00 e. The molecule has 0 saturated heterocycles. The van der Waals surface area contributed by atoms with Crippen molar-refractivity contribution >= 4 is 132 Å². The normalized spacial score (nSPS) is 11.7. The van der Waals surface area contributed by atoms with Crippen molar-refractivity contribution < 1.29 is 89.5 Å². The summed E-state index contributed by atoms with van der Waals surface area (Å²) in [7, 11) is -7.82. The van der Waals surface area contributed by atoms with Crippen molar-refractivity contribution in [1.29, 1.82) is 0 Å². The zero-order valence-electron chi connectivity index (χ0n) is 58.8. The Morgan fingerprint density at radius 2 is 0.340 bits per heavy atom. The molecule has 0 atom stereocenters. The van der Waals surface area contributed by atoms with Gasteiger partial charge >= 0.3 is 89.5 Å². The van der Waals surface area contributed by atoms with E-state index in [1.54, 1.807) is 0 Å². The quantitative estimate of drug-likeness (QED) is 0.0495. The Hall–Kier alpha value is -7.57. The van der Waals surface area contributed by atoms with Gasteiger partial charge in [-0.3, -0.25) is 23.7 Å². The summed E-state index contributed by atoms with van der Waals surface area (Å²) in [5.74, 6) is 9.82. The number of fused-ring (bicyclic) bond motifs is 6. The van der Waals surface area contributed by atoms with Gasteiger partial charge in [0, 0.05) is 0 Å². The van der Waals surface area contributed by atoms with Crippen LogP contribution in [0.3, 0.4) is 0 Å². The van der Waals surface area contributed by atoms with Gasteiger partial charge in [-0.1, -0.05) is 220 Å². The van der Waals surface area contributed by atoms with Crippen molar-refractivity contribution in [2.75, 3.05) is 0 Å². The van der Waals surface area contributed by atoms with E-state index in [0.717, 1.165) is 22.3 Å². The molecule has 0 fully saturated rings. The van der Waals surface area contributed by atoms with Crippen LogP contribution in [-0.2, 0) is 89.5 Å². The number of rotatable bonds is 12. The summed E-state index contributed by atoms with van der Waals surface area (Å²) in [4.78, 5) is 0. The van der Waals surface area contributed by atoms with Crippen LogP contribution in [-0.4, -0.2) is 16.1 Å². The van der Waals surface area contributed by atoms with E-state index in [1.165, 1.54) is 107 Å². The maximum atomic E-state index is 7.29. The van der Waals surface area contributed by atoms with Crippen molar-refractivity contribution in [1.82, 2.24) is 0 Å². The van der Waals surface area contributed by atoms with E-state index in [1.807, 2.05) is 48.5 Å². The average molecular weight is 2200 g/mol. The molecule has 2 heterocycles. The average Bonchev–Trinajstić information content (AvgIpc) is 1.43. The van der Waals surface area contributed by atoms with Gasteiger partial charge in [-0.2, -0.15) is 0 Å². The molecular weight excluding hydrogens is 2120 g/mol. The Labute approximate surface area is 698 Å². The predicted octanol–water partition coefficient (Wildman–Crippen LogP) is 14.1. The molecular formula is C96H76Au4P4Si2+4. The SMILES string of the molecule is [Au+].[Au+].[Au+].[Au+].[C-]#Cc1ccc2c(c1)-c1cc(C#[C-])ccc1[Si]2(C)C.[C-]#Cc1ccc2c(c1)-c1cc(C#[C-])ccc1[Si]2(C)C.c1ccc([PH+](c2ccccc2)c2ccccc2[PH+](c2ccccc2)c2ccccc2)cc1.c1ccc([PH+](c2ccccc2)c2ccccc2[PH+](c2ccccc2)c2ccccc2)cc1. The van der Waals surface area contributed by atoms with Crippen LogP contribution < -0.4 is 84.4 Å². The van der Waals surface area contributed by atoms with Gasteiger partial charge in [0.2, 0.25) is 0 Å². The number of hydrogen-bond donors (Lipinski definition) is 0. The summed E-state index contributed by atoms with van der Waals surface area (Å²) in [5, 5.41) is 23.0. The molecule has 2 aliphatic rings. The van der Waals surface area contributed by atoms with E-state index in [4.69, 9.17) is 25.7 Å². The van der Waals surface area contributed by atoms with Crippen molar-refractivity contribution in [2.24, 2.45) is 0 Å². The topological polar surface area (TPSA) is 0 Å². The fourth-order valence-corrected chi connectivity index (χ4v) is 32.5. The summed E-state index contributed by atoms with van der Waals surface area (Å²) >= 11 is 0. The third-order valence-electron chi connectivity index (χ3n) is 19.4. The van der Waals surface area contributed by atoms with Crippen molar-refractivity contribution in [3.63, 3.8) is 0 Å². The Bertz CT molecular complexity index is 4580. The van der Waals surface area contributed by atoms with Crippen LogP contribution in [0.15, 0.2) is 364 Å². The third-order valence-corrected chi connectivity index (χ3v) is 38.2. The second kappa shape index (κ2) is 39.0. The molecule has 14 aromatic rings. The fraction of sp³-hybridized carbons (Fsp3) is 0.0417. The molecule has 10 heteroatoms. The molecule has 0 aromatic heterocycles. The van der Waals surface area contributed by atoms with Crippen LogP contribution >= 0.6 is 31.7 Å². The minimum atomic E-state index is -1.63. The first-order valence-electron chi connectivity index (χ1n) is 34.4. The zero-order valence-corrected chi connectivity index (χ0v) is 73.5. The Morgan fingerprint density at radius 1 is 0.198 bits per heavy atom. The number of benzene rings is 14. The van der Waals surface area contributed by atoms with Gasteiger partial charge in [0.05, 0.1) is 0 Å². The zero-order chi connectivity index (χ0) is 70.4. The van der Waals surface area contributed by atoms with Gasteiger partial charge in [-0.15, -0.1) is 70.8 Å². The monoisotopic (exact) mass is 2200 g/mol. The van der Waals surface area contributed by atoms with Gasteiger partial charge in [-0.05, 0) is 164 Å². The van der Waals surface area contributed by atoms with Gasteiger partial charge < -0.3 is 25.7 Å². The van der Waals surface area contributed by atoms with E-state index >= 15 is 0 Å². The van der Waals surface area contributed by atoms with Crippen molar-refractivity contribution in [2.45, 2.75) is 26.2 Å². The summed E-state index contributed by atoms with van der Waals surface area (Å²) in [5.41, 5.74) is 8.06. The maximum Gasteiger partial charge on any atom is 1.00 e. The second-order valence-electron chi connectivity index (χ2n) is 26.3. The van der Waals surface area contributed by atoms with E-state index < -0.39 is 47.8 Å². The van der Waals surface area contributed by atoms with E-state index in [0.29, 0.717) is 0 Å². The summed E-state index contributed by atoms with van der Waals surface area (Å²) < 4.78 is 0. The van der Waals surface area contributed by atoms with Crippen molar-refractivity contribution in [3.05, 3.63) is 412 Å². The fourth-order valence-electron chi connectivity index (χ4n) is 14.4. The van der Waals surface area contributed by atoms with Crippen LogP contribution in [0.1, 0.15) is 22.3 Å². The first kappa shape index (κ1) is 82.5. The molecule has 0 spiro atoms. The van der Waals surface area contributed by atoms with Crippen LogP contribution in [0.2, 0.25) is 26.2 Å². The van der Waals surface area contributed by atoms with Gasteiger partial charge in [0.25, 0.3) is 0 Å². The summed E-state index contributed by atoms with van der Waals surface area (Å²) in [6.45, 7) is 9.39. The number of hydrogen-bond acceptors (Lipinski definition) is 0. The molecule has 2 aliphatic heterocycles. The molecule has 0 aliphatic carbocycles. The van der Waals surface area contributed by atoms with Crippen LogP contribution in [0.5, 0.6) is 0 Å². The molecule has 0 bridgehead atoms. The summed E-state index contributed by atoms with van der Waals surface area (Å²) in [6, 6.07) is 131. The third kappa shape index (κ3) is 18.4. The second-order valence-corrected chi connectivity index (χ2v) is 44.7. The molecule has 0 radical (unpaired) electrons. The standard InChI is InChI=1S/2C30H24P2.2C18H12Si.4Au/c2*1-5-15-25(16-6-1)31(26-17-7-2-8-18-26)29-23-13-14-24-30(29)32(27-19-9-3-10-20-27)28-21-11-4-12-22-28;2*1-5-13-7-9-17-15(11-13)16-12-14(6-2)8-10-18(16)19(17,3)4;;;;/h2*1-24H;2*7-12H,3-4H3;;;;/q;;2*-2;4*+1/p+4. The smallest absolute Gasteiger partial charge is 0.366 e. The molecule has 16 rings (SSSR count). The molecule has 528 valence electrons. The van der Waals surface area contributed by atoms with E-state index in [9.17, 15) is 0 Å². The molecule has 0 amide bonds. The molecule has 106 heavy (non-hydrogen) atoms. The molecule has 0 saturated carbocycles. The maximum absolute atomic E-state index is 7.29. The van der Waals surface area contributed by atoms with Gasteiger partial charge in [-0.25, -0.2) is 0 Å². The Morgan fingerprint density at radius 3 is 0.481 bits per heavy atom. The molecule has 0 N–H and O–H groups in total. The first-order valence-corrected chi connectivity index (χ1v) is 46.4. The van der Waals surface area contributed by atoms with Gasteiger partial charge in [0.1, 0.15) is 111 Å². The summed E-state index contributed by atoms with van der Waals surface area (Å²) in [6.07, 6.45) is 29.1. The van der Waals surface area contributed by atoms with Crippen LogP contribution in [0, 0.1) is 49.4 Å². The minimum Gasteiger partial charge on any atom is -0.366 e. The minimum absolute atomic E-state index is 0. The Balaban J connectivity index is 0.000000166. The molecule has 0 unspecified atom stereocenters.